The zero-order chi connectivity index (χ0) is 8.10. The van der Waals surface area contributed by atoms with E-state index in [-0.39, 0.29) is 21.5 Å². The van der Waals surface area contributed by atoms with Crippen LogP contribution in [0.1, 0.15) is 6.42 Å². The molecule has 0 unspecified atom stereocenters. The van der Waals surface area contributed by atoms with Gasteiger partial charge in [0.15, 0.2) is 0 Å². The Kier molecular flexibility index (Phi) is 3.86. The molecule has 0 spiro atoms. The Bertz CT molecular complexity index is 202. The summed E-state index contributed by atoms with van der Waals surface area (Å²) in [4.78, 5) is 0. The van der Waals surface area contributed by atoms with Crippen molar-refractivity contribution in [1.82, 2.24) is 3.11 Å². The van der Waals surface area contributed by atoms with E-state index in [1.807, 2.05) is 0 Å². The predicted molar refractivity (Wildman–Crippen MR) is 44.7 cm³/mol. The van der Waals surface area contributed by atoms with Gasteiger partial charge in [0.2, 0.25) is 0 Å². The van der Waals surface area contributed by atoms with Gasteiger partial charge in [0.25, 0.3) is 0 Å². The van der Waals surface area contributed by atoms with Crippen molar-refractivity contribution in [2.75, 3.05) is 14.1 Å². The van der Waals surface area contributed by atoms with Gasteiger partial charge >= 0.3 is 79.1 Å². The van der Waals surface area contributed by atoms with E-state index in [4.69, 9.17) is 0 Å². The van der Waals surface area contributed by atoms with Crippen molar-refractivity contribution in [3.8, 4) is 0 Å². The Balaban J connectivity index is 2.51. The van der Waals surface area contributed by atoms with E-state index in [1.165, 1.54) is 0 Å². The van der Waals surface area contributed by atoms with E-state index in [0.717, 1.165) is 6.42 Å². The first-order chi connectivity index (χ1) is 5.29. The van der Waals surface area contributed by atoms with Gasteiger partial charge in [-0.3, -0.25) is 0 Å². The van der Waals surface area contributed by atoms with Gasteiger partial charge < -0.3 is 0 Å². The van der Waals surface area contributed by atoms with E-state index in [0.29, 0.717) is 0 Å². The molecule has 2 heteroatoms. The number of nitrogens with zero attached hydrogens (tertiary/aromatic N) is 1. The summed E-state index contributed by atoms with van der Waals surface area (Å²) < 4.78 is 3.89. The van der Waals surface area contributed by atoms with Crippen LogP contribution in [0.4, 0.5) is 0 Å². The summed E-state index contributed by atoms with van der Waals surface area (Å²) in [6.07, 6.45) is 11.9. The normalized spacial score (nSPS) is 17.2. The van der Waals surface area contributed by atoms with E-state index >= 15 is 0 Å². The standard InChI is InChI=1S/C9H13IN/c1-11(2)10-9-7-5-3-4-6-8-9/h3-7H,8H2,1-2H3/q-1. The van der Waals surface area contributed by atoms with Crippen molar-refractivity contribution in [2.45, 2.75) is 6.42 Å². The van der Waals surface area contributed by atoms with Gasteiger partial charge in [-0.25, -0.2) is 0 Å². The summed E-state index contributed by atoms with van der Waals surface area (Å²) in [6, 6.07) is 0. The minimum absolute atomic E-state index is 0.118. The van der Waals surface area contributed by atoms with Gasteiger partial charge in [-0.2, -0.15) is 0 Å². The van der Waals surface area contributed by atoms with Crippen molar-refractivity contribution in [1.29, 1.82) is 0 Å². The van der Waals surface area contributed by atoms with Crippen LogP contribution >= 0.6 is 0 Å². The minimum atomic E-state index is 0.118. The number of halogens is 1. The zero-order valence-corrected chi connectivity index (χ0v) is 9.08. The van der Waals surface area contributed by atoms with Gasteiger partial charge in [-0.15, -0.1) is 0 Å². The van der Waals surface area contributed by atoms with Crippen LogP contribution in [0.2, 0.25) is 0 Å². The average molecular weight is 262 g/mol. The fourth-order valence-electron chi connectivity index (χ4n) is 0.831. The molecule has 0 atom stereocenters. The Morgan fingerprint density at radius 1 is 1.27 bits per heavy atom. The Hall–Kier alpha value is -0.0900. The van der Waals surface area contributed by atoms with E-state index in [9.17, 15) is 0 Å². The van der Waals surface area contributed by atoms with Crippen molar-refractivity contribution >= 4 is 0 Å². The van der Waals surface area contributed by atoms with E-state index < -0.39 is 0 Å². The average Bonchev–Trinajstić information content (AvgIpc) is 2.14. The third-order valence-corrected chi connectivity index (χ3v) is 3.61. The molecule has 1 aliphatic rings. The monoisotopic (exact) mass is 262 g/mol. The van der Waals surface area contributed by atoms with Crippen LogP contribution in [-0.4, -0.2) is 17.2 Å². The molecule has 0 aromatic carbocycles. The molecule has 0 aliphatic heterocycles. The van der Waals surface area contributed by atoms with Crippen LogP contribution in [0, 0.1) is 0 Å². The van der Waals surface area contributed by atoms with Gasteiger partial charge in [0, 0.05) is 0 Å². The van der Waals surface area contributed by atoms with Crippen molar-refractivity contribution in [3.63, 3.8) is 0 Å². The molecule has 0 aromatic rings. The molecule has 0 saturated heterocycles. The van der Waals surface area contributed by atoms with Crippen molar-refractivity contribution < 1.29 is 21.5 Å². The van der Waals surface area contributed by atoms with Crippen LogP contribution in [0.5, 0.6) is 0 Å². The van der Waals surface area contributed by atoms with Crippen molar-refractivity contribution in [3.05, 3.63) is 34.0 Å². The van der Waals surface area contributed by atoms with Crippen molar-refractivity contribution in [2.24, 2.45) is 0 Å². The number of hydrogen-bond acceptors (Lipinski definition) is 1. The molecule has 11 heavy (non-hydrogen) atoms. The molecule has 0 fully saturated rings. The Labute approximate surface area is 79.1 Å². The molecular weight excluding hydrogens is 249 g/mol. The molecular formula is C9H13IN-. The molecule has 0 bridgehead atoms. The quantitative estimate of drug-likeness (QED) is 0.453. The van der Waals surface area contributed by atoms with Crippen LogP contribution < -0.4 is 21.5 Å². The molecule has 1 aliphatic carbocycles. The number of rotatable bonds is 2. The summed E-state index contributed by atoms with van der Waals surface area (Å²) in [6.45, 7) is 0. The maximum absolute atomic E-state index is 2.30. The second-order valence-corrected chi connectivity index (χ2v) is 6.30. The van der Waals surface area contributed by atoms with Gasteiger partial charge in [-0.1, -0.05) is 0 Å². The fraction of sp³-hybridized carbons (Fsp3) is 0.333. The molecule has 0 radical (unpaired) electrons. The third-order valence-electron chi connectivity index (χ3n) is 1.23. The summed E-state index contributed by atoms with van der Waals surface area (Å²) >= 11 is 0.118. The summed E-state index contributed by atoms with van der Waals surface area (Å²) in [5, 5.41) is 0. The second kappa shape index (κ2) is 4.72. The summed E-state index contributed by atoms with van der Waals surface area (Å²) in [7, 11) is 4.29. The molecule has 0 saturated carbocycles. The predicted octanol–water partition coefficient (Wildman–Crippen LogP) is -1.05. The molecule has 0 aromatic heterocycles. The maximum atomic E-state index is 2.30. The van der Waals surface area contributed by atoms with Gasteiger partial charge in [0.05, 0.1) is 0 Å². The Morgan fingerprint density at radius 3 is 2.82 bits per heavy atom. The molecule has 1 nitrogen and oxygen atoms in total. The molecule has 62 valence electrons. The molecule has 0 amide bonds. The summed E-state index contributed by atoms with van der Waals surface area (Å²) in [5.41, 5.74) is 0. The van der Waals surface area contributed by atoms with Gasteiger partial charge in [0.1, 0.15) is 0 Å². The summed E-state index contributed by atoms with van der Waals surface area (Å²) in [5.74, 6) is 0. The fourth-order valence-corrected chi connectivity index (χ4v) is 2.89. The topological polar surface area (TPSA) is 3.24 Å². The number of allylic oxidation sites excluding steroid dienone is 6. The number of hydrogen-bond donors (Lipinski definition) is 0. The van der Waals surface area contributed by atoms with Crippen LogP contribution in [0.25, 0.3) is 0 Å². The van der Waals surface area contributed by atoms with E-state index in [1.54, 1.807) is 3.58 Å². The molecule has 1 rings (SSSR count). The third kappa shape index (κ3) is 3.72. The molecule has 0 N–H and O–H groups in total. The molecule has 0 heterocycles. The second-order valence-electron chi connectivity index (χ2n) is 2.50. The SMILES string of the molecule is CN(C)[I-]C1=CC=CC=CC1. The van der Waals surface area contributed by atoms with Crippen LogP contribution in [0.3, 0.4) is 0 Å². The van der Waals surface area contributed by atoms with E-state index in [2.05, 4.69) is 47.6 Å². The van der Waals surface area contributed by atoms with Crippen LogP contribution in [-0.2, 0) is 0 Å². The first-order valence-corrected chi connectivity index (χ1v) is 5.68. The first-order valence-electron chi connectivity index (χ1n) is 3.64. The first kappa shape index (κ1) is 9.00. The van der Waals surface area contributed by atoms with Crippen LogP contribution in [0.15, 0.2) is 34.0 Å². The zero-order valence-electron chi connectivity index (χ0n) is 6.92. The van der Waals surface area contributed by atoms with Gasteiger partial charge in [-0.05, 0) is 0 Å². The Morgan fingerprint density at radius 2 is 2.09 bits per heavy atom.